The number of carbonyl (C=O) groups excluding carboxylic acids is 1. The van der Waals surface area contributed by atoms with E-state index in [2.05, 4.69) is 30.1 Å². The molecule has 3 heterocycles. The molecule has 42 heavy (non-hydrogen) atoms. The highest BCUT2D eigenvalue weighted by Gasteiger charge is 2.46. The number of anilines is 1. The highest BCUT2D eigenvalue weighted by atomic mass is 31.2. The van der Waals surface area contributed by atoms with E-state index in [1.54, 1.807) is 51.1 Å². The number of hydrogen-bond donors (Lipinski definition) is 3. The zero-order chi connectivity index (χ0) is 30.4. The number of carbonyl (C=O) groups is 1. The molecular weight excluding hydrogens is 573 g/mol. The highest BCUT2D eigenvalue weighted by molar-refractivity contribution is 7.52. The second-order valence-electron chi connectivity index (χ2n) is 9.43. The van der Waals surface area contributed by atoms with Crippen LogP contribution in [0.5, 0.6) is 11.6 Å². The predicted octanol–water partition coefficient (Wildman–Crippen LogP) is 2.88. The van der Waals surface area contributed by atoms with Gasteiger partial charge in [0.15, 0.2) is 11.2 Å². The maximum atomic E-state index is 13.8. The van der Waals surface area contributed by atoms with Gasteiger partial charge in [0, 0.05) is 4.91 Å². The molecule has 1 aromatic carbocycles. The summed E-state index contributed by atoms with van der Waals surface area (Å²) in [5.74, 6) is -0.428. The zero-order valence-corrected chi connectivity index (χ0v) is 24.2. The number of rotatable bonds is 13. The van der Waals surface area contributed by atoms with Crippen molar-refractivity contribution < 1.29 is 37.7 Å². The predicted molar refractivity (Wildman–Crippen MR) is 148 cm³/mol. The Balaban J connectivity index is 1.58. The number of ether oxygens (including phenoxy) is 3. The first kappa shape index (κ1) is 31.0. The van der Waals surface area contributed by atoms with Crippen LogP contribution < -0.4 is 20.1 Å². The van der Waals surface area contributed by atoms with Crippen molar-refractivity contribution in [3.05, 3.63) is 47.1 Å². The molecule has 0 bridgehead atoms. The van der Waals surface area contributed by atoms with Crippen molar-refractivity contribution in [3.8, 4) is 11.6 Å². The monoisotopic (exact) mass is 605 g/mol. The number of aliphatic hydroxyl groups excluding tert-OH is 1. The molecule has 0 saturated carbocycles. The van der Waals surface area contributed by atoms with E-state index in [0.29, 0.717) is 6.61 Å². The van der Waals surface area contributed by atoms with Gasteiger partial charge in [-0.25, -0.2) is 9.55 Å². The number of nitrogens with zero attached hydrogens (tertiary/aromatic N) is 7. The van der Waals surface area contributed by atoms with Gasteiger partial charge in [-0.3, -0.25) is 13.9 Å². The van der Waals surface area contributed by atoms with Crippen molar-refractivity contribution in [1.82, 2.24) is 24.6 Å². The molecule has 226 valence electrons. The lowest BCUT2D eigenvalue weighted by atomic mass is 10.1. The molecule has 0 amide bonds. The minimum Gasteiger partial charge on any atom is -0.476 e. The number of fused-ring (bicyclic) bond motifs is 1. The van der Waals surface area contributed by atoms with Gasteiger partial charge in [0.2, 0.25) is 11.8 Å². The fourth-order valence-electron chi connectivity index (χ4n) is 4.12. The molecule has 1 aliphatic rings. The summed E-state index contributed by atoms with van der Waals surface area (Å²) in [6, 6.07) is 5.92. The Morgan fingerprint density at radius 3 is 2.71 bits per heavy atom. The minimum absolute atomic E-state index is 0.0957. The van der Waals surface area contributed by atoms with Crippen LogP contribution in [0.25, 0.3) is 21.6 Å². The van der Waals surface area contributed by atoms with Crippen LogP contribution >= 0.6 is 7.75 Å². The van der Waals surface area contributed by atoms with Gasteiger partial charge < -0.3 is 29.6 Å². The average Bonchev–Trinajstić information content (AvgIpc) is 3.48. The van der Waals surface area contributed by atoms with E-state index in [1.807, 2.05) is 0 Å². The molecule has 6 atom stereocenters. The molecule has 4 rings (SSSR count). The van der Waals surface area contributed by atoms with Crippen molar-refractivity contribution in [2.75, 3.05) is 18.9 Å². The molecule has 2 unspecified atom stereocenters. The number of aliphatic hydroxyl groups is 1. The standard InChI is InChI=1S/C24H32N9O8P/c1-5-37-21-18-20(28-24(25)29-21)33(12-27-18)22-17(30-32-26)19(34)16(40-22)11-38-42(36,41-15-9-7-6-8-10-15)31-14(4)23(35)39-13(2)3/h6-10,12-14,16-17,19,22,34H,5,11H2,1-4H3,(H,31,36)(H2,25,28,29)/t14-,16+,17?,19+,22+,42?/m0/s1. The summed E-state index contributed by atoms with van der Waals surface area (Å²) in [4.78, 5) is 27.8. The Bertz CT molecular complexity index is 1480. The first-order valence-corrected chi connectivity index (χ1v) is 14.6. The van der Waals surface area contributed by atoms with E-state index >= 15 is 0 Å². The third kappa shape index (κ3) is 7.07. The van der Waals surface area contributed by atoms with Gasteiger partial charge in [-0.05, 0) is 45.4 Å². The summed E-state index contributed by atoms with van der Waals surface area (Å²) in [5, 5.41) is 17.3. The van der Waals surface area contributed by atoms with Crippen molar-refractivity contribution in [3.63, 3.8) is 0 Å². The summed E-state index contributed by atoms with van der Waals surface area (Å²) in [6.45, 7) is 6.37. The van der Waals surface area contributed by atoms with E-state index in [1.165, 1.54) is 17.8 Å². The summed E-state index contributed by atoms with van der Waals surface area (Å²) in [7, 11) is -4.27. The van der Waals surface area contributed by atoms with Gasteiger partial charge >= 0.3 is 13.7 Å². The molecule has 0 radical (unpaired) electrons. The lowest BCUT2D eigenvalue weighted by Gasteiger charge is -2.25. The normalized spacial score (nSPS) is 22.3. The van der Waals surface area contributed by atoms with Gasteiger partial charge in [0.1, 0.15) is 30.2 Å². The Hall–Kier alpha value is -3.98. The molecule has 4 N–H and O–H groups in total. The average molecular weight is 606 g/mol. The fraction of sp³-hybridized carbons (Fsp3) is 0.500. The Morgan fingerprint density at radius 2 is 2.05 bits per heavy atom. The molecule has 2 aromatic heterocycles. The smallest absolute Gasteiger partial charge is 0.459 e. The van der Waals surface area contributed by atoms with Gasteiger partial charge in [0.25, 0.3) is 0 Å². The van der Waals surface area contributed by atoms with Crippen LogP contribution in [-0.4, -0.2) is 74.2 Å². The van der Waals surface area contributed by atoms with Crippen LogP contribution in [0, 0.1) is 0 Å². The molecule has 1 fully saturated rings. The summed E-state index contributed by atoms with van der Waals surface area (Å²) in [6.07, 6.45) is -2.74. The maximum absolute atomic E-state index is 13.8. The van der Waals surface area contributed by atoms with Crippen LogP contribution in [0.2, 0.25) is 0 Å². The number of benzene rings is 1. The summed E-state index contributed by atoms with van der Waals surface area (Å²) >= 11 is 0. The molecule has 17 nitrogen and oxygen atoms in total. The first-order chi connectivity index (χ1) is 20.0. The van der Waals surface area contributed by atoms with Crippen LogP contribution in [0.15, 0.2) is 41.8 Å². The third-order valence-electron chi connectivity index (χ3n) is 5.92. The lowest BCUT2D eigenvalue weighted by Crippen LogP contribution is -2.37. The first-order valence-electron chi connectivity index (χ1n) is 13.0. The number of azide groups is 1. The van der Waals surface area contributed by atoms with Gasteiger partial charge in [0.05, 0.1) is 31.7 Å². The summed E-state index contributed by atoms with van der Waals surface area (Å²) < 4.78 is 43.3. The van der Waals surface area contributed by atoms with Crippen molar-refractivity contribution >= 4 is 30.8 Å². The number of imidazole rings is 1. The maximum Gasteiger partial charge on any atom is 0.459 e. The van der Waals surface area contributed by atoms with E-state index in [9.17, 15) is 20.0 Å². The van der Waals surface area contributed by atoms with Crippen LogP contribution in [-0.2, 0) is 23.4 Å². The van der Waals surface area contributed by atoms with Gasteiger partial charge in [-0.2, -0.15) is 15.1 Å². The van der Waals surface area contributed by atoms with Gasteiger partial charge in [-0.1, -0.05) is 23.3 Å². The number of nitrogens with one attached hydrogen (secondary N) is 1. The topological polar surface area (TPSA) is 231 Å². The largest absolute Gasteiger partial charge is 0.476 e. The number of esters is 1. The van der Waals surface area contributed by atoms with Crippen molar-refractivity contribution in [2.24, 2.45) is 5.11 Å². The van der Waals surface area contributed by atoms with E-state index in [0.717, 1.165) is 0 Å². The number of hydrogen-bond acceptors (Lipinski definition) is 13. The Kier molecular flexibility index (Phi) is 9.83. The Labute approximate surface area is 240 Å². The lowest BCUT2D eigenvalue weighted by molar-refractivity contribution is -0.149. The molecule has 0 spiro atoms. The molecule has 18 heteroatoms. The second kappa shape index (κ2) is 13.3. The van der Waals surface area contributed by atoms with Crippen LogP contribution in [0.1, 0.15) is 33.9 Å². The molecule has 1 aliphatic heterocycles. The SMILES string of the molecule is CCOc1nc(N)nc2c1ncn2[C@@H]1O[C@H](COP(=O)(N[C@@H](C)C(=O)OC(C)C)Oc2ccccc2)[C@@H](O)C1N=[N+]=[N-]. The highest BCUT2D eigenvalue weighted by Crippen LogP contribution is 2.46. The molecular formula is C24H32N9O8P. The fourth-order valence-corrected chi connectivity index (χ4v) is 5.62. The van der Waals surface area contributed by atoms with Crippen LogP contribution in [0.3, 0.4) is 0 Å². The van der Waals surface area contributed by atoms with E-state index in [4.69, 9.17) is 29.0 Å². The Morgan fingerprint density at radius 1 is 1.31 bits per heavy atom. The molecule has 3 aromatic rings. The number of para-hydroxylation sites is 1. The molecule has 1 saturated heterocycles. The van der Waals surface area contributed by atoms with E-state index in [-0.39, 0.29) is 28.7 Å². The third-order valence-corrected chi connectivity index (χ3v) is 7.56. The second-order valence-corrected chi connectivity index (χ2v) is 11.1. The summed E-state index contributed by atoms with van der Waals surface area (Å²) in [5.41, 5.74) is 15.5. The van der Waals surface area contributed by atoms with E-state index < -0.39 is 56.9 Å². The number of nitrogen functional groups attached to an aromatic ring is 1. The van der Waals surface area contributed by atoms with Crippen molar-refractivity contribution in [1.29, 1.82) is 0 Å². The zero-order valence-electron chi connectivity index (χ0n) is 23.3. The van der Waals surface area contributed by atoms with Gasteiger partial charge in [-0.15, -0.1) is 0 Å². The van der Waals surface area contributed by atoms with Crippen LogP contribution in [0.4, 0.5) is 5.95 Å². The minimum atomic E-state index is -4.27. The van der Waals surface area contributed by atoms with Crippen molar-refractivity contribution in [2.45, 2.75) is 64.3 Å². The number of nitrogens with two attached hydrogens (primary N) is 1. The molecule has 0 aliphatic carbocycles. The number of aromatic nitrogens is 4. The quantitative estimate of drug-likeness (QED) is 0.0837.